The van der Waals surface area contributed by atoms with Crippen LogP contribution >= 0.6 is 15.9 Å². The van der Waals surface area contributed by atoms with Gasteiger partial charge in [0.2, 0.25) is 5.90 Å². The van der Waals surface area contributed by atoms with E-state index in [1.54, 1.807) is 20.3 Å². The maximum atomic E-state index is 14.4. The van der Waals surface area contributed by atoms with Crippen LogP contribution in [0.15, 0.2) is 113 Å². The third-order valence-electron chi connectivity index (χ3n) is 7.72. The minimum Gasteiger partial charge on any atom is -0.497 e. The summed E-state index contributed by atoms with van der Waals surface area (Å²) in [6.07, 6.45) is 4.01. The number of aliphatic hydroxyl groups is 1. The maximum absolute atomic E-state index is 14.4. The summed E-state index contributed by atoms with van der Waals surface area (Å²) >= 11 is 3.52. The molecule has 2 atom stereocenters. The van der Waals surface area contributed by atoms with Gasteiger partial charge in [-0.15, -0.1) is 0 Å². The van der Waals surface area contributed by atoms with Crippen LogP contribution in [0.5, 0.6) is 17.2 Å². The van der Waals surface area contributed by atoms with Gasteiger partial charge in [0.15, 0.2) is 11.6 Å². The number of carbonyl (C=O) groups is 1. The molecule has 9 nitrogen and oxygen atoms in total. The van der Waals surface area contributed by atoms with Crippen LogP contribution in [0.4, 0.5) is 0 Å². The van der Waals surface area contributed by atoms with Gasteiger partial charge < -0.3 is 24.1 Å². The highest BCUT2D eigenvalue weighted by molar-refractivity contribution is 9.10. The zero-order valence-electron chi connectivity index (χ0n) is 26.3. The molecule has 0 radical (unpaired) electrons. The van der Waals surface area contributed by atoms with Gasteiger partial charge in [0.25, 0.3) is 5.91 Å². The summed E-state index contributed by atoms with van der Waals surface area (Å²) in [6, 6.07) is 30.5. The van der Waals surface area contributed by atoms with E-state index in [9.17, 15) is 4.79 Å². The van der Waals surface area contributed by atoms with Crippen LogP contribution in [-0.2, 0) is 16.1 Å². The number of amides is 1. The highest BCUT2D eigenvalue weighted by Crippen LogP contribution is 2.43. The van der Waals surface area contributed by atoms with E-state index in [1.165, 1.54) is 0 Å². The van der Waals surface area contributed by atoms with Crippen molar-refractivity contribution < 1.29 is 28.8 Å². The number of aliphatic imine (C=N–C) groups is 1. The second-order valence-electron chi connectivity index (χ2n) is 10.8. The molecule has 5 rings (SSSR count). The number of nitrogens with one attached hydrogen (secondary N) is 2. The molecule has 4 aromatic rings. The van der Waals surface area contributed by atoms with Gasteiger partial charge in [-0.3, -0.25) is 10.2 Å². The van der Waals surface area contributed by atoms with Gasteiger partial charge in [0.1, 0.15) is 17.2 Å². The predicted molar refractivity (Wildman–Crippen MR) is 185 cm³/mol. The maximum Gasteiger partial charge on any atom is 0.266 e. The Balaban J connectivity index is 1.48. The molecule has 244 valence electrons. The Kier molecular flexibility index (Phi) is 11.7. The first-order valence-corrected chi connectivity index (χ1v) is 16.1. The molecule has 1 aliphatic heterocycles. The number of hydrogen-bond donors (Lipinski definition) is 3. The van der Waals surface area contributed by atoms with Crippen LogP contribution in [-0.4, -0.2) is 49.9 Å². The lowest BCUT2D eigenvalue weighted by molar-refractivity contribution is -0.129. The first kappa shape index (κ1) is 33.7. The van der Waals surface area contributed by atoms with Crippen molar-refractivity contribution in [2.75, 3.05) is 27.4 Å². The van der Waals surface area contributed by atoms with E-state index in [-0.39, 0.29) is 18.9 Å². The first-order chi connectivity index (χ1) is 23.0. The number of methoxy groups -OCH3 is 2. The Bertz CT molecular complexity index is 1680. The number of nitrogens with zero attached hydrogens (tertiary/aromatic N) is 1. The third-order valence-corrected chi connectivity index (χ3v) is 8.25. The van der Waals surface area contributed by atoms with Crippen molar-refractivity contribution in [3.05, 3.63) is 130 Å². The van der Waals surface area contributed by atoms with Crippen molar-refractivity contribution in [2.45, 2.75) is 31.0 Å². The number of carbonyl (C=O) groups excluding carboxylic acids is 1. The number of rotatable bonds is 15. The molecular weight excluding hydrogens is 662 g/mol. The summed E-state index contributed by atoms with van der Waals surface area (Å²) in [5.41, 5.74) is 7.99. The molecule has 3 N–H and O–H groups in total. The Morgan fingerprint density at radius 3 is 2.43 bits per heavy atom. The van der Waals surface area contributed by atoms with Gasteiger partial charge in [-0.25, -0.2) is 10.4 Å². The monoisotopic (exact) mass is 699 g/mol. The smallest absolute Gasteiger partial charge is 0.266 e. The van der Waals surface area contributed by atoms with E-state index in [2.05, 4.69) is 26.8 Å². The highest BCUT2D eigenvalue weighted by atomic mass is 79.9. The Morgan fingerprint density at radius 1 is 0.979 bits per heavy atom. The number of benzene rings is 4. The molecule has 47 heavy (non-hydrogen) atoms. The van der Waals surface area contributed by atoms with Crippen molar-refractivity contribution in [1.29, 1.82) is 0 Å². The summed E-state index contributed by atoms with van der Waals surface area (Å²) in [5, 5.41) is 9.07. The van der Waals surface area contributed by atoms with Crippen molar-refractivity contribution in [1.82, 2.24) is 10.9 Å². The quantitative estimate of drug-likeness (QED) is 0.0972. The van der Waals surface area contributed by atoms with E-state index >= 15 is 0 Å². The summed E-state index contributed by atoms with van der Waals surface area (Å²) in [7, 11) is 3.19. The largest absolute Gasteiger partial charge is 0.497 e. The molecule has 1 heterocycles. The van der Waals surface area contributed by atoms with Crippen LogP contribution in [0, 0.1) is 0 Å². The fourth-order valence-corrected chi connectivity index (χ4v) is 5.48. The third kappa shape index (κ3) is 8.40. The fraction of sp³-hybridized carbons (Fsp3) is 0.243. The second kappa shape index (κ2) is 16.3. The molecule has 4 aromatic carbocycles. The molecule has 0 bridgehead atoms. The van der Waals surface area contributed by atoms with E-state index in [0.29, 0.717) is 48.3 Å². The Morgan fingerprint density at radius 2 is 1.72 bits per heavy atom. The van der Waals surface area contributed by atoms with Crippen LogP contribution in [0.3, 0.4) is 0 Å². The van der Waals surface area contributed by atoms with E-state index < -0.39 is 11.6 Å². The van der Waals surface area contributed by atoms with Crippen LogP contribution in [0.25, 0.3) is 6.08 Å². The lowest BCUT2D eigenvalue weighted by Crippen LogP contribution is -2.52. The summed E-state index contributed by atoms with van der Waals surface area (Å²) in [4.78, 5) is 19.4. The van der Waals surface area contributed by atoms with Gasteiger partial charge in [-0.2, -0.15) is 0 Å². The number of hydrazine groups is 1. The Labute approximate surface area is 283 Å². The highest BCUT2D eigenvalue weighted by Gasteiger charge is 2.52. The lowest BCUT2D eigenvalue weighted by atomic mass is 9.84. The molecule has 0 saturated heterocycles. The molecule has 10 heteroatoms. The van der Waals surface area contributed by atoms with Gasteiger partial charge in [-0.05, 0) is 53.6 Å². The van der Waals surface area contributed by atoms with Crippen molar-refractivity contribution >= 4 is 33.8 Å². The van der Waals surface area contributed by atoms with E-state index in [4.69, 9.17) is 29.0 Å². The predicted octanol–water partition coefficient (Wildman–Crippen LogP) is 6.41. The standard InChI is InChI=1S/C37H38BrN3O6/c1-44-32-20-15-29(33(24-32)45-2)25-39-41-36(43)37(21-6-10-26-8-4-3-5-9-26)34(27-11-16-30(38)17-12-27)47-35(40-37)28-13-18-31(19-14-28)46-23-7-22-42/h3-6,8-20,24,34,39,42H,7,21-23,25H2,1-2H3,(H,41,43)/b10-6+/t34-,37-/m0/s1. The van der Waals surface area contributed by atoms with E-state index in [1.807, 2.05) is 103 Å². The van der Waals surface area contributed by atoms with Gasteiger partial charge in [-0.1, -0.05) is 76.6 Å². The minimum absolute atomic E-state index is 0.0611. The van der Waals surface area contributed by atoms with Gasteiger partial charge in [0, 0.05) is 47.7 Å². The fourth-order valence-electron chi connectivity index (χ4n) is 5.22. The molecule has 0 aliphatic carbocycles. The van der Waals surface area contributed by atoms with Crippen LogP contribution in [0.1, 0.15) is 41.2 Å². The Hall–Kier alpha value is -4.64. The number of ether oxygens (including phenoxy) is 4. The lowest BCUT2D eigenvalue weighted by Gasteiger charge is -2.30. The summed E-state index contributed by atoms with van der Waals surface area (Å²) in [5.74, 6) is 1.96. The molecule has 0 unspecified atom stereocenters. The summed E-state index contributed by atoms with van der Waals surface area (Å²) in [6.45, 7) is 0.768. The molecule has 0 fully saturated rings. The normalized spacial score (nSPS) is 17.2. The molecule has 0 aromatic heterocycles. The second-order valence-corrected chi connectivity index (χ2v) is 11.8. The molecular formula is C37H38BrN3O6. The number of hydrogen-bond acceptors (Lipinski definition) is 8. The first-order valence-electron chi connectivity index (χ1n) is 15.3. The SMILES string of the molecule is COc1ccc(CNNC(=O)[C@@]2(C/C=C/c3ccccc3)N=C(c3ccc(OCCCO)cc3)O[C@H]2c2ccc(Br)cc2)c(OC)c1. The van der Waals surface area contributed by atoms with Gasteiger partial charge in [0.05, 0.1) is 20.8 Å². The summed E-state index contributed by atoms with van der Waals surface area (Å²) < 4.78 is 24.1. The zero-order valence-corrected chi connectivity index (χ0v) is 27.9. The average molecular weight is 701 g/mol. The topological polar surface area (TPSA) is 111 Å². The average Bonchev–Trinajstić information content (AvgIpc) is 3.50. The van der Waals surface area contributed by atoms with E-state index in [0.717, 1.165) is 21.2 Å². The molecule has 0 spiro atoms. The molecule has 0 saturated carbocycles. The van der Waals surface area contributed by atoms with Crippen molar-refractivity contribution in [2.24, 2.45) is 4.99 Å². The van der Waals surface area contributed by atoms with Crippen LogP contribution < -0.4 is 25.1 Å². The number of aliphatic hydroxyl groups excluding tert-OH is 1. The molecule has 1 aliphatic rings. The van der Waals surface area contributed by atoms with Crippen LogP contribution in [0.2, 0.25) is 0 Å². The molecule has 1 amide bonds. The van der Waals surface area contributed by atoms with Crippen molar-refractivity contribution in [3.8, 4) is 17.2 Å². The zero-order chi connectivity index (χ0) is 33.1. The minimum atomic E-state index is -1.36. The number of halogens is 1. The van der Waals surface area contributed by atoms with Gasteiger partial charge >= 0.3 is 0 Å². The van der Waals surface area contributed by atoms with Crippen molar-refractivity contribution in [3.63, 3.8) is 0 Å².